The average Bonchev–Trinajstić information content (AvgIpc) is 2.73. The highest BCUT2D eigenvalue weighted by Crippen LogP contribution is 2.22. The highest BCUT2D eigenvalue weighted by molar-refractivity contribution is 6.31. The van der Waals surface area contributed by atoms with Crippen LogP contribution in [0.1, 0.15) is 37.9 Å². The average molecular weight is 310 g/mol. The first-order chi connectivity index (χ1) is 9.78. The van der Waals surface area contributed by atoms with Crippen LogP contribution in [0.2, 0.25) is 5.02 Å². The van der Waals surface area contributed by atoms with Gasteiger partial charge in [-0.3, -0.25) is 0 Å². The van der Waals surface area contributed by atoms with E-state index >= 15 is 0 Å². The summed E-state index contributed by atoms with van der Waals surface area (Å²) in [4.78, 5) is 4.35. The Bertz CT molecular complexity index is 629. The van der Waals surface area contributed by atoms with Crippen LogP contribution in [0.3, 0.4) is 0 Å². The summed E-state index contributed by atoms with van der Waals surface area (Å²) in [5.74, 6) is 0.502. The fourth-order valence-corrected chi connectivity index (χ4v) is 2.25. The molecule has 1 aromatic heterocycles. The van der Waals surface area contributed by atoms with Gasteiger partial charge in [0.25, 0.3) is 0 Å². The second-order valence-electron chi connectivity index (χ2n) is 6.20. The summed E-state index contributed by atoms with van der Waals surface area (Å²) in [5, 5.41) is 3.62. The van der Waals surface area contributed by atoms with E-state index in [1.54, 1.807) is 6.07 Å². The SMILES string of the molecule is Cc1ncc(CNC(C)(C)C)n1Cc1cccc(F)c1Cl. The van der Waals surface area contributed by atoms with Crippen molar-refractivity contribution in [1.29, 1.82) is 0 Å². The molecule has 114 valence electrons. The van der Waals surface area contributed by atoms with Gasteiger partial charge in [-0.1, -0.05) is 23.7 Å². The third-order valence-electron chi connectivity index (χ3n) is 3.30. The number of hydrogen-bond acceptors (Lipinski definition) is 2. The number of imidazole rings is 1. The van der Waals surface area contributed by atoms with Crippen LogP contribution >= 0.6 is 11.6 Å². The molecule has 0 spiro atoms. The number of rotatable bonds is 4. The molecule has 1 aromatic carbocycles. The Kier molecular flexibility index (Phi) is 4.69. The minimum Gasteiger partial charge on any atom is -0.327 e. The van der Waals surface area contributed by atoms with Crippen molar-refractivity contribution in [3.05, 3.63) is 52.3 Å². The number of nitrogens with one attached hydrogen (secondary N) is 1. The van der Waals surface area contributed by atoms with Crippen LogP contribution < -0.4 is 5.32 Å². The van der Waals surface area contributed by atoms with E-state index in [4.69, 9.17) is 11.6 Å². The molecule has 0 fully saturated rings. The quantitative estimate of drug-likeness (QED) is 0.927. The Hall–Kier alpha value is -1.39. The predicted octanol–water partition coefficient (Wildman–Crippen LogP) is 3.92. The number of aromatic nitrogens is 2. The topological polar surface area (TPSA) is 29.9 Å². The van der Waals surface area contributed by atoms with Crippen molar-refractivity contribution in [1.82, 2.24) is 14.9 Å². The van der Waals surface area contributed by atoms with Gasteiger partial charge in [0, 0.05) is 18.3 Å². The zero-order valence-electron chi connectivity index (χ0n) is 12.9. The molecule has 3 nitrogen and oxygen atoms in total. The van der Waals surface area contributed by atoms with E-state index < -0.39 is 0 Å². The monoisotopic (exact) mass is 309 g/mol. The van der Waals surface area contributed by atoms with Crippen LogP contribution in [0, 0.1) is 12.7 Å². The van der Waals surface area contributed by atoms with E-state index in [9.17, 15) is 4.39 Å². The lowest BCUT2D eigenvalue weighted by atomic mass is 10.1. The first-order valence-corrected chi connectivity index (χ1v) is 7.34. The molecular formula is C16H21ClFN3. The molecule has 0 radical (unpaired) electrons. The number of halogens is 2. The summed E-state index contributed by atoms with van der Waals surface area (Å²) in [6, 6.07) is 4.89. The van der Waals surface area contributed by atoms with Crippen molar-refractivity contribution < 1.29 is 4.39 Å². The van der Waals surface area contributed by atoms with E-state index in [0.717, 1.165) is 17.1 Å². The van der Waals surface area contributed by atoms with E-state index in [1.807, 2.05) is 19.2 Å². The summed E-state index contributed by atoms with van der Waals surface area (Å²) in [6.07, 6.45) is 1.85. The van der Waals surface area contributed by atoms with Crippen LogP contribution in [0.25, 0.3) is 0 Å². The predicted molar refractivity (Wildman–Crippen MR) is 84.1 cm³/mol. The maximum atomic E-state index is 13.5. The van der Waals surface area contributed by atoms with Gasteiger partial charge in [0.1, 0.15) is 11.6 Å². The van der Waals surface area contributed by atoms with Gasteiger partial charge in [0.05, 0.1) is 17.3 Å². The number of nitrogens with zero attached hydrogens (tertiary/aromatic N) is 2. The lowest BCUT2D eigenvalue weighted by Gasteiger charge is -2.21. The Balaban J connectivity index is 2.24. The number of hydrogen-bond donors (Lipinski definition) is 1. The molecule has 1 N–H and O–H groups in total. The summed E-state index contributed by atoms with van der Waals surface area (Å²) in [6.45, 7) is 9.51. The van der Waals surface area contributed by atoms with Gasteiger partial charge >= 0.3 is 0 Å². The van der Waals surface area contributed by atoms with Crippen LogP contribution in [-0.2, 0) is 13.1 Å². The second kappa shape index (κ2) is 6.16. The van der Waals surface area contributed by atoms with Crippen molar-refractivity contribution in [3.8, 4) is 0 Å². The standard InChI is InChI=1S/C16H21ClFN3/c1-11-19-8-13(9-20-16(2,3)4)21(11)10-12-6-5-7-14(18)15(12)17/h5-8,20H,9-10H2,1-4H3. The highest BCUT2D eigenvalue weighted by Gasteiger charge is 2.14. The lowest BCUT2D eigenvalue weighted by molar-refractivity contribution is 0.416. The largest absolute Gasteiger partial charge is 0.327 e. The van der Waals surface area contributed by atoms with Gasteiger partial charge in [-0.25, -0.2) is 9.37 Å². The van der Waals surface area contributed by atoms with E-state index in [0.29, 0.717) is 13.1 Å². The molecular weight excluding hydrogens is 289 g/mol. The molecule has 0 amide bonds. The summed E-state index contributed by atoms with van der Waals surface area (Å²) >= 11 is 6.04. The zero-order valence-corrected chi connectivity index (χ0v) is 13.6. The van der Waals surface area contributed by atoms with Crippen molar-refractivity contribution in [2.75, 3.05) is 0 Å². The van der Waals surface area contributed by atoms with Crippen molar-refractivity contribution in [3.63, 3.8) is 0 Å². The lowest BCUT2D eigenvalue weighted by Crippen LogP contribution is -2.35. The first kappa shape index (κ1) is 16.0. The zero-order chi connectivity index (χ0) is 15.6. The van der Waals surface area contributed by atoms with Gasteiger partial charge in [-0.2, -0.15) is 0 Å². The fraction of sp³-hybridized carbons (Fsp3) is 0.438. The van der Waals surface area contributed by atoms with E-state index in [2.05, 4.69) is 35.6 Å². The molecule has 0 bridgehead atoms. The Morgan fingerprint density at radius 1 is 1.33 bits per heavy atom. The number of benzene rings is 1. The van der Waals surface area contributed by atoms with Gasteiger partial charge in [-0.05, 0) is 39.3 Å². The smallest absolute Gasteiger partial charge is 0.142 e. The molecule has 0 aliphatic carbocycles. The number of aryl methyl sites for hydroxylation is 1. The Labute approximate surface area is 130 Å². The summed E-state index contributed by atoms with van der Waals surface area (Å²) in [7, 11) is 0. The van der Waals surface area contributed by atoms with Gasteiger partial charge < -0.3 is 9.88 Å². The Morgan fingerprint density at radius 3 is 2.71 bits per heavy atom. The third-order valence-corrected chi connectivity index (χ3v) is 3.72. The third kappa shape index (κ3) is 4.05. The van der Waals surface area contributed by atoms with Crippen LogP contribution in [0.5, 0.6) is 0 Å². The molecule has 21 heavy (non-hydrogen) atoms. The molecule has 0 saturated carbocycles. The van der Waals surface area contributed by atoms with Gasteiger partial charge in [0.2, 0.25) is 0 Å². The van der Waals surface area contributed by atoms with Crippen LogP contribution in [-0.4, -0.2) is 15.1 Å². The maximum Gasteiger partial charge on any atom is 0.142 e. The molecule has 5 heteroatoms. The molecule has 0 aliphatic rings. The van der Waals surface area contributed by atoms with E-state index in [-0.39, 0.29) is 16.4 Å². The molecule has 2 rings (SSSR count). The first-order valence-electron chi connectivity index (χ1n) is 6.97. The Morgan fingerprint density at radius 2 is 2.05 bits per heavy atom. The van der Waals surface area contributed by atoms with Crippen molar-refractivity contribution >= 4 is 11.6 Å². The molecule has 0 unspecified atom stereocenters. The van der Waals surface area contributed by atoms with Crippen LogP contribution in [0.15, 0.2) is 24.4 Å². The maximum absolute atomic E-state index is 13.5. The molecule has 2 aromatic rings. The molecule has 0 saturated heterocycles. The highest BCUT2D eigenvalue weighted by atomic mass is 35.5. The second-order valence-corrected chi connectivity index (χ2v) is 6.58. The summed E-state index contributed by atoms with van der Waals surface area (Å²) in [5.41, 5.74) is 1.84. The van der Waals surface area contributed by atoms with Gasteiger partial charge in [-0.15, -0.1) is 0 Å². The summed E-state index contributed by atoms with van der Waals surface area (Å²) < 4.78 is 15.6. The minimum absolute atomic E-state index is 0.0273. The van der Waals surface area contributed by atoms with E-state index in [1.165, 1.54) is 6.07 Å². The molecule has 0 aliphatic heterocycles. The van der Waals surface area contributed by atoms with Gasteiger partial charge in [0.15, 0.2) is 0 Å². The van der Waals surface area contributed by atoms with Crippen molar-refractivity contribution in [2.45, 2.75) is 46.3 Å². The van der Waals surface area contributed by atoms with Crippen LogP contribution in [0.4, 0.5) is 4.39 Å². The molecule has 0 atom stereocenters. The van der Waals surface area contributed by atoms with Crippen molar-refractivity contribution in [2.24, 2.45) is 0 Å². The minimum atomic E-state index is -0.388. The molecule has 1 heterocycles. The fourth-order valence-electron chi connectivity index (χ4n) is 2.07. The normalized spacial score (nSPS) is 11.9.